The first-order valence-electron chi connectivity index (χ1n) is 13.1. The molecule has 230 valence electrons. The van der Waals surface area contributed by atoms with Crippen LogP contribution in [0.5, 0.6) is 28.7 Å². The molecule has 0 amide bonds. The lowest BCUT2D eigenvalue weighted by molar-refractivity contribution is -0.209. The third-order valence-corrected chi connectivity index (χ3v) is 8.21. The van der Waals surface area contributed by atoms with Gasteiger partial charge in [0.1, 0.15) is 35.5 Å². The topological polar surface area (TPSA) is 205 Å². The second kappa shape index (κ2) is 11.9. The smallest absolute Gasteiger partial charge is 0.328 e. The van der Waals surface area contributed by atoms with Gasteiger partial charge in [0.15, 0.2) is 29.1 Å². The lowest BCUT2D eigenvalue weighted by Crippen LogP contribution is -2.46. The van der Waals surface area contributed by atoms with Crippen LogP contribution in [0, 0.1) is 5.92 Å². The van der Waals surface area contributed by atoms with Crippen molar-refractivity contribution in [1.29, 1.82) is 0 Å². The number of carbonyl (C=O) groups excluding carboxylic acids is 1. The molecule has 1 aliphatic carbocycles. The van der Waals surface area contributed by atoms with Crippen LogP contribution in [0.2, 0.25) is 0 Å². The number of benzene rings is 2. The molecule has 43 heavy (non-hydrogen) atoms. The Morgan fingerprint density at radius 2 is 1.79 bits per heavy atom. The molecule has 1 saturated heterocycles. The molecule has 3 aliphatic rings. The summed E-state index contributed by atoms with van der Waals surface area (Å²) in [5.41, 5.74) is -1.10. The van der Waals surface area contributed by atoms with Crippen molar-refractivity contribution in [1.82, 2.24) is 0 Å². The van der Waals surface area contributed by atoms with Crippen molar-refractivity contribution in [3.63, 3.8) is 0 Å². The lowest BCUT2D eigenvalue weighted by Gasteiger charge is -2.34. The predicted octanol–water partition coefficient (Wildman–Crippen LogP) is 3.86. The number of ether oxygens (including phenoxy) is 5. The average Bonchev–Trinajstić information content (AvgIpc) is 3.65. The van der Waals surface area contributed by atoms with Crippen LogP contribution in [0.3, 0.4) is 0 Å². The number of aromatic hydroxyl groups is 3. The van der Waals surface area contributed by atoms with Crippen molar-refractivity contribution in [2.24, 2.45) is 5.92 Å². The molecule has 5 rings (SSSR count). The molecule has 0 bridgehead atoms. The van der Waals surface area contributed by atoms with Crippen molar-refractivity contribution >= 4 is 34.5 Å². The van der Waals surface area contributed by atoms with Gasteiger partial charge in [-0.15, -0.1) is 0 Å². The van der Waals surface area contributed by atoms with Gasteiger partial charge in [0, 0.05) is 23.0 Å². The molecule has 2 heterocycles. The van der Waals surface area contributed by atoms with Crippen LogP contribution in [0.25, 0.3) is 6.08 Å². The van der Waals surface area contributed by atoms with Gasteiger partial charge in [0.05, 0.1) is 12.7 Å². The predicted molar refractivity (Wildman–Crippen MR) is 156 cm³/mol. The lowest BCUT2D eigenvalue weighted by atomic mass is 10.0. The summed E-state index contributed by atoms with van der Waals surface area (Å²) in [6.07, 6.45) is 0.387. The van der Waals surface area contributed by atoms with Crippen LogP contribution in [0.4, 0.5) is 0 Å². The quantitative estimate of drug-likeness (QED) is 0.0811. The number of alkyl halides is 1. The fourth-order valence-electron chi connectivity index (χ4n) is 4.96. The zero-order valence-electron chi connectivity index (χ0n) is 22.6. The molecule has 13 nitrogen and oxygen atoms in total. The second-order valence-corrected chi connectivity index (χ2v) is 11.1. The van der Waals surface area contributed by atoms with Gasteiger partial charge in [-0.25, -0.2) is 0 Å². The van der Waals surface area contributed by atoms with Gasteiger partial charge < -0.3 is 59.4 Å². The Morgan fingerprint density at radius 1 is 1.07 bits per heavy atom. The number of rotatable bonds is 10. The third kappa shape index (κ3) is 6.07. The minimum Gasteiger partial charge on any atom is -0.507 e. The fraction of sp³-hybridized carbons (Fsp3) is 0.345. The number of phenolic OH excluding ortho intramolecular Hbond substituents is 3. The van der Waals surface area contributed by atoms with E-state index in [0.717, 1.165) is 18.2 Å². The van der Waals surface area contributed by atoms with E-state index >= 15 is 0 Å². The van der Waals surface area contributed by atoms with E-state index in [-0.39, 0.29) is 46.2 Å². The van der Waals surface area contributed by atoms with E-state index in [4.69, 9.17) is 23.7 Å². The highest BCUT2D eigenvalue weighted by Gasteiger charge is 2.63. The normalized spacial score (nSPS) is 26.6. The number of ketones is 1. The van der Waals surface area contributed by atoms with Crippen LogP contribution < -0.4 is 9.47 Å². The molecule has 0 spiro atoms. The molecule has 0 radical (unpaired) electrons. The van der Waals surface area contributed by atoms with Crippen LogP contribution >= 0.6 is 22.6 Å². The number of hydrogen-bond donors (Lipinski definition) is 7. The maximum atomic E-state index is 12.7. The summed E-state index contributed by atoms with van der Waals surface area (Å²) < 4.78 is 27.9. The fourth-order valence-corrected chi connectivity index (χ4v) is 5.56. The molecule has 2 aromatic carbocycles. The van der Waals surface area contributed by atoms with Crippen molar-refractivity contribution in [2.45, 2.75) is 36.9 Å². The van der Waals surface area contributed by atoms with E-state index in [1.54, 1.807) is 6.07 Å². The standard InChI is InChI=1S/C29H29IO13/c1-39-20-5-3-13(6-17(20)32)2-4-16(31)24-18(33)8-15(9-19(24)34)41-23-7-14-10-29(14,38)22(43-23)12-40-28-27(37)26(36)25(35)21(11-30)42-28/h2-6,8-9,14,21-23,32-38H,7,10-12H2,1H3/b4-2+/t14?,21?,22?,23-,29-/m1/s1. The molecule has 2 aliphatic heterocycles. The van der Waals surface area contributed by atoms with E-state index in [2.05, 4.69) is 0 Å². The Hall–Kier alpha value is -4.02. The van der Waals surface area contributed by atoms with Crippen LogP contribution in [0.1, 0.15) is 28.8 Å². The minimum absolute atomic E-state index is 0.00208. The van der Waals surface area contributed by atoms with Gasteiger partial charge in [0.2, 0.25) is 17.8 Å². The summed E-state index contributed by atoms with van der Waals surface area (Å²) in [5, 5.41) is 71.9. The summed E-state index contributed by atoms with van der Waals surface area (Å²) in [6.45, 7) is -0.295. The van der Waals surface area contributed by atoms with E-state index in [1.807, 2.05) is 22.6 Å². The van der Waals surface area contributed by atoms with Crippen molar-refractivity contribution in [3.05, 3.63) is 70.8 Å². The summed E-state index contributed by atoms with van der Waals surface area (Å²) in [7, 11) is 1.41. The van der Waals surface area contributed by atoms with Gasteiger partial charge in [0.25, 0.3) is 0 Å². The molecule has 1 saturated carbocycles. The number of halogens is 1. The number of methoxy groups -OCH3 is 1. The zero-order valence-corrected chi connectivity index (χ0v) is 24.8. The first-order chi connectivity index (χ1) is 20.4. The molecule has 0 aromatic heterocycles. The van der Waals surface area contributed by atoms with E-state index in [0.29, 0.717) is 12.0 Å². The van der Waals surface area contributed by atoms with Gasteiger partial charge in [-0.05, 0) is 36.1 Å². The highest BCUT2D eigenvalue weighted by atomic mass is 127. The summed E-state index contributed by atoms with van der Waals surface area (Å²) in [6, 6.07) is 6.81. The molecular weight excluding hydrogens is 683 g/mol. The largest absolute Gasteiger partial charge is 0.507 e. The van der Waals surface area contributed by atoms with Crippen molar-refractivity contribution < 1.29 is 64.2 Å². The molecular formula is C29H29IO13. The van der Waals surface area contributed by atoms with Crippen molar-refractivity contribution in [2.75, 3.05) is 18.1 Å². The summed E-state index contributed by atoms with van der Waals surface area (Å²) >= 11 is 1.92. The van der Waals surface area contributed by atoms with Gasteiger partial charge >= 0.3 is 5.95 Å². The van der Waals surface area contributed by atoms with Gasteiger partial charge in [-0.2, -0.15) is 0 Å². The molecule has 3 unspecified atom stereocenters. The molecule has 2 aromatic rings. The van der Waals surface area contributed by atoms with Gasteiger partial charge in [-0.3, -0.25) is 4.79 Å². The first kappa shape index (κ1) is 30.4. The second-order valence-electron chi connectivity index (χ2n) is 10.2. The number of hydrogen-bond acceptors (Lipinski definition) is 13. The van der Waals surface area contributed by atoms with Crippen LogP contribution in [-0.4, -0.2) is 83.8 Å². The number of phenols is 3. The first-order valence-corrected chi connectivity index (χ1v) is 14.6. The average molecular weight is 712 g/mol. The minimum atomic E-state index is -1.22. The number of allylic oxidation sites excluding steroid dienone is 1. The highest BCUT2D eigenvalue weighted by molar-refractivity contribution is 14.1. The molecule has 7 N–H and O–H groups in total. The number of carbonyl (C=O) groups is 1. The number of fused-ring (bicyclic) bond motifs is 1. The Bertz CT molecular complexity index is 1490. The molecule has 2 fully saturated rings. The number of aliphatic hydroxyl groups excluding tert-OH is 3. The summed E-state index contributed by atoms with van der Waals surface area (Å²) in [4.78, 5) is 12.7. The highest BCUT2D eigenvalue weighted by Crippen LogP contribution is 2.54. The zero-order chi connectivity index (χ0) is 31.1. The Labute approximate surface area is 258 Å². The van der Waals surface area contributed by atoms with Crippen molar-refractivity contribution in [3.8, 4) is 28.7 Å². The van der Waals surface area contributed by atoms with Crippen LogP contribution in [-0.2, 0) is 14.2 Å². The maximum absolute atomic E-state index is 12.7. The SMILES string of the molecule is COc1ccc(/C=C/C(=O)c2c(O)cc(O[C@H]3CC4C[C@]4(O)C(COC4=C(O)C(O)=C(O)C(CI)O4)O3)cc2O)cc1O. The van der Waals surface area contributed by atoms with Crippen LogP contribution in [0.15, 0.2) is 59.6 Å². The summed E-state index contributed by atoms with van der Waals surface area (Å²) in [5.74, 6) is -4.38. The Balaban J connectivity index is 1.24. The molecule has 5 atom stereocenters. The van der Waals surface area contributed by atoms with E-state index in [1.165, 1.54) is 25.3 Å². The van der Waals surface area contributed by atoms with E-state index in [9.17, 15) is 40.5 Å². The van der Waals surface area contributed by atoms with Gasteiger partial charge in [-0.1, -0.05) is 34.7 Å². The Kier molecular flexibility index (Phi) is 8.45. The Morgan fingerprint density at radius 3 is 2.44 bits per heavy atom. The maximum Gasteiger partial charge on any atom is 0.328 e. The number of aliphatic hydroxyl groups is 4. The molecule has 14 heteroatoms. The third-order valence-electron chi connectivity index (χ3n) is 7.41. The monoisotopic (exact) mass is 712 g/mol. The van der Waals surface area contributed by atoms with E-state index < -0.39 is 64.6 Å².